The summed E-state index contributed by atoms with van der Waals surface area (Å²) in [4.78, 5) is 66.8. The smallest absolute Gasteiger partial charge is 0.309 e. The van der Waals surface area contributed by atoms with Gasteiger partial charge in [0.25, 0.3) is 0 Å². The van der Waals surface area contributed by atoms with Gasteiger partial charge >= 0.3 is 11.9 Å². The van der Waals surface area contributed by atoms with Crippen molar-refractivity contribution in [2.24, 2.45) is 73.9 Å². The van der Waals surface area contributed by atoms with Gasteiger partial charge in [-0.25, -0.2) is 0 Å². The first-order valence-corrected chi connectivity index (χ1v) is 23.4. The minimum absolute atomic E-state index is 0.00425. The number of Topliss-reactive ketones (excluding diaryl/α,β-unsaturated/α-hetero) is 1. The molecule has 7 aliphatic rings. The van der Waals surface area contributed by atoms with Crippen molar-refractivity contribution < 1.29 is 33.8 Å². The van der Waals surface area contributed by atoms with Crippen molar-refractivity contribution >= 4 is 29.5 Å². The van der Waals surface area contributed by atoms with Gasteiger partial charge in [0, 0.05) is 36.1 Å². The maximum absolute atomic E-state index is 14.2. The maximum atomic E-state index is 14.2. The van der Waals surface area contributed by atoms with Crippen LogP contribution in [-0.4, -0.2) is 65.9 Å². The molecule has 0 unspecified atom stereocenters. The molecule has 330 valence electrons. The van der Waals surface area contributed by atoms with Gasteiger partial charge in [-0.1, -0.05) is 67.9 Å². The van der Waals surface area contributed by atoms with Gasteiger partial charge < -0.3 is 25.8 Å². The molecule has 1 aliphatic heterocycles. The summed E-state index contributed by atoms with van der Waals surface area (Å²) in [5.41, 5.74) is 0.434. The molecule has 10 nitrogen and oxygen atoms in total. The number of carboxylic acid groups (broad SMARTS) is 1. The summed E-state index contributed by atoms with van der Waals surface area (Å²) in [5.74, 6) is -0.559. The van der Waals surface area contributed by atoms with Crippen molar-refractivity contribution in [2.45, 2.75) is 171 Å². The maximum Gasteiger partial charge on any atom is 0.309 e. The number of amides is 2. The lowest BCUT2D eigenvalue weighted by Crippen LogP contribution is -2.66. The van der Waals surface area contributed by atoms with Crippen molar-refractivity contribution in [3.05, 3.63) is 11.1 Å². The number of fused-ring (bicyclic) bond motifs is 7. The minimum Gasteiger partial charge on any atom is -0.481 e. The predicted molar refractivity (Wildman–Crippen MR) is 228 cm³/mol. The van der Waals surface area contributed by atoms with Crippen LogP contribution < -0.4 is 16.0 Å². The fourth-order valence-corrected chi connectivity index (χ4v) is 15.4. The second-order valence-corrected chi connectivity index (χ2v) is 23.6. The number of carboxylic acids is 1. The number of carbonyl (C=O) groups excluding carboxylic acids is 4. The van der Waals surface area contributed by atoms with E-state index in [0.29, 0.717) is 37.6 Å². The first-order chi connectivity index (χ1) is 27.3. The summed E-state index contributed by atoms with van der Waals surface area (Å²) in [6.45, 7) is 26.3. The van der Waals surface area contributed by atoms with Crippen LogP contribution in [0.25, 0.3) is 0 Å². The van der Waals surface area contributed by atoms with Gasteiger partial charge in [-0.2, -0.15) is 0 Å². The third kappa shape index (κ3) is 7.03. The topological polar surface area (TPSA) is 151 Å². The fraction of sp³-hybridized carbons (Fsp3) is 0.857. The highest BCUT2D eigenvalue weighted by molar-refractivity contribution is 6.01. The predicted octanol–water partition coefficient (Wildman–Crippen LogP) is 8.03. The van der Waals surface area contributed by atoms with Gasteiger partial charge in [0.15, 0.2) is 5.78 Å². The molecule has 0 aromatic heterocycles. The van der Waals surface area contributed by atoms with E-state index in [1.165, 1.54) is 5.57 Å². The standard InChI is InChI=1S/C49H77N3O7/c1-28(2)38-33(53)25-49(26-37(54)51-27-43(3,4)52-40(55)29-16-22-50-23-17-29)21-20-47(10)30(39(38)49)12-13-35-46(9)18-15-36(45(7,8)34(46)14-19-48(35,47)11)59-42(58)32-24-31(41(56)57)44(32,5)6/h28-32,34-36,50H,12-27H2,1-11H3,(H,51,54)(H,52,55)(H,56,57)/t30-,31+,32-,34+,35-,36+,46+,47-,48-,49+/m1/s1. The molecule has 0 radical (unpaired) electrons. The number of rotatable bonds is 10. The van der Waals surface area contributed by atoms with E-state index < -0.39 is 34.2 Å². The van der Waals surface area contributed by atoms with Crippen molar-refractivity contribution in [1.82, 2.24) is 16.0 Å². The molecule has 0 aromatic carbocycles. The van der Waals surface area contributed by atoms with Crippen LogP contribution in [0.3, 0.4) is 0 Å². The Kier molecular flexibility index (Phi) is 11.2. The lowest BCUT2D eigenvalue weighted by atomic mass is 9.33. The van der Waals surface area contributed by atoms with Gasteiger partial charge in [0.05, 0.1) is 17.4 Å². The number of hydrogen-bond acceptors (Lipinski definition) is 7. The van der Waals surface area contributed by atoms with Gasteiger partial charge in [-0.05, 0) is 148 Å². The minimum atomic E-state index is -0.836. The quantitative estimate of drug-likeness (QED) is 0.162. The monoisotopic (exact) mass is 820 g/mol. The Balaban J connectivity index is 1.08. The zero-order valence-corrected chi connectivity index (χ0v) is 38.3. The van der Waals surface area contributed by atoms with E-state index in [2.05, 4.69) is 64.4 Å². The van der Waals surface area contributed by atoms with Crippen LogP contribution in [0.15, 0.2) is 11.1 Å². The van der Waals surface area contributed by atoms with Crippen LogP contribution in [0.2, 0.25) is 0 Å². The zero-order valence-electron chi connectivity index (χ0n) is 38.3. The molecular formula is C49H77N3O7. The van der Waals surface area contributed by atoms with Crippen molar-refractivity contribution in [1.29, 1.82) is 0 Å². The molecule has 6 fully saturated rings. The van der Waals surface area contributed by atoms with E-state index in [4.69, 9.17) is 4.74 Å². The van der Waals surface area contributed by atoms with Gasteiger partial charge in [0.1, 0.15) is 6.10 Å². The first kappa shape index (κ1) is 44.3. The SMILES string of the molecule is CC(C)C1=C2[C@H]3CC[C@@H]4[C@@]5(C)CC[C@H](OC(=O)[C@H]6C[C@@H](C(=O)O)C6(C)C)C(C)(C)[C@@H]5CC[C@@]4(C)[C@]3(C)CC[C@@]2(CC(=O)NCC(C)(C)NC(=O)C2CCNCC2)CC1=O. The number of piperidine rings is 1. The summed E-state index contributed by atoms with van der Waals surface area (Å²) >= 11 is 0. The molecule has 0 aromatic rings. The van der Waals surface area contributed by atoms with E-state index in [-0.39, 0.29) is 69.1 Å². The average Bonchev–Trinajstić information content (AvgIpc) is 3.43. The molecular weight excluding hydrogens is 743 g/mol. The number of nitrogens with one attached hydrogen (secondary N) is 3. The highest BCUT2D eigenvalue weighted by atomic mass is 16.5. The first-order valence-electron chi connectivity index (χ1n) is 23.4. The molecule has 6 aliphatic carbocycles. The van der Waals surface area contributed by atoms with E-state index in [9.17, 15) is 29.1 Å². The lowest BCUT2D eigenvalue weighted by Gasteiger charge is -2.72. The molecule has 7 rings (SSSR count). The second-order valence-electron chi connectivity index (χ2n) is 23.6. The Morgan fingerprint density at radius 1 is 0.831 bits per heavy atom. The molecule has 1 heterocycles. The number of esters is 1. The molecule has 1 saturated heterocycles. The molecule has 10 atom stereocenters. The van der Waals surface area contributed by atoms with E-state index in [1.54, 1.807) is 0 Å². The van der Waals surface area contributed by atoms with E-state index >= 15 is 0 Å². The summed E-state index contributed by atoms with van der Waals surface area (Å²) in [7, 11) is 0. The number of ether oxygens (including phenoxy) is 1. The number of carbonyl (C=O) groups is 5. The summed E-state index contributed by atoms with van der Waals surface area (Å²) < 4.78 is 6.42. The molecule has 4 N–H and O–H groups in total. The largest absolute Gasteiger partial charge is 0.481 e. The van der Waals surface area contributed by atoms with Crippen LogP contribution >= 0.6 is 0 Å². The fourth-order valence-electron chi connectivity index (χ4n) is 15.4. The third-order valence-electron chi connectivity index (χ3n) is 19.0. The van der Waals surface area contributed by atoms with Crippen LogP contribution in [0.1, 0.15) is 160 Å². The Bertz CT molecular complexity index is 1770. The van der Waals surface area contributed by atoms with Gasteiger partial charge in [-0.3, -0.25) is 24.0 Å². The van der Waals surface area contributed by atoms with Gasteiger partial charge in [-0.15, -0.1) is 0 Å². The van der Waals surface area contributed by atoms with Crippen LogP contribution in [0.5, 0.6) is 0 Å². The lowest BCUT2D eigenvalue weighted by molar-refractivity contribution is -0.236. The second kappa shape index (κ2) is 15.0. The van der Waals surface area contributed by atoms with Crippen molar-refractivity contribution in [3.8, 4) is 0 Å². The Hall–Kier alpha value is -2.75. The highest BCUT2D eigenvalue weighted by Gasteiger charge is 2.70. The highest BCUT2D eigenvalue weighted by Crippen LogP contribution is 2.77. The average molecular weight is 820 g/mol. The van der Waals surface area contributed by atoms with Gasteiger partial charge in [0.2, 0.25) is 11.8 Å². The third-order valence-corrected chi connectivity index (χ3v) is 19.0. The van der Waals surface area contributed by atoms with Crippen molar-refractivity contribution in [3.63, 3.8) is 0 Å². The number of aliphatic carboxylic acids is 1. The Morgan fingerprint density at radius 3 is 2.14 bits per heavy atom. The normalized spacial score (nSPS) is 40.2. The molecule has 2 amide bonds. The van der Waals surface area contributed by atoms with E-state index in [0.717, 1.165) is 82.9 Å². The molecule has 0 bridgehead atoms. The van der Waals surface area contributed by atoms with Crippen LogP contribution in [0.4, 0.5) is 0 Å². The molecule has 5 saturated carbocycles. The van der Waals surface area contributed by atoms with Crippen LogP contribution in [0, 0.1) is 73.9 Å². The molecule has 0 spiro atoms. The number of allylic oxidation sites excluding steroid dienone is 2. The zero-order chi connectivity index (χ0) is 43.3. The van der Waals surface area contributed by atoms with Crippen LogP contribution in [-0.2, 0) is 28.7 Å². The molecule has 10 heteroatoms. The summed E-state index contributed by atoms with van der Waals surface area (Å²) in [6, 6.07) is 0. The number of hydrogen-bond donors (Lipinski definition) is 4. The van der Waals surface area contributed by atoms with E-state index in [1.807, 2.05) is 27.7 Å². The number of ketones is 1. The summed E-state index contributed by atoms with van der Waals surface area (Å²) in [5, 5.41) is 19.4. The molecule has 59 heavy (non-hydrogen) atoms. The van der Waals surface area contributed by atoms with Crippen molar-refractivity contribution in [2.75, 3.05) is 19.6 Å². The Morgan fingerprint density at radius 2 is 1.51 bits per heavy atom. The summed E-state index contributed by atoms with van der Waals surface area (Å²) in [6.07, 6.45) is 10.3. The Labute approximate surface area is 354 Å².